The van der Waals surface area contributed by atoms with E-state index in [4.69, 9.17) is 0 Å². The van der Waals surface area contributed by atoms with Crippen molar-refractivity contribution in [3.63, 3.8) is 0 Å². The van der Waals surface area contributed by atoms with Crippen molar-refractivity contribution in [2.24, 2.45) is 0 Å². The summed E-state index contributed by atoms with van der Waals surface area (Å²) in [7, 11) is 0. The van der Waals surface area contributed by atoms with Crippen molar-refractivity contribution in [2.45, 2.75) is 6.42 Å². The van der Waals surface area contributed by atoms with E-state index in [0.717, 1.165) is 14.0 Å². The summed E-state index contributed by atoms with van der Waals surface area (Å²) in [6.07, 6.45) is 0.461. The van der Waals surface area contributed by atoms with Gasteiger partial charge in [0.15, 0.2) is 0 Å². The van der Waals surface area contributed by atoms with Crippen molar-refractivity contribution < 1.29 is 9.59 Å². The number of carbonyl (C=O) groups excluding carboxylic acids is 2. The highest BCUT2D eigenvalue weighted by molar-refractivity contribution is 14.1. The molecule has 0 radical (unpaired) electrons. The molecule has 1 aromatic carbocycles. The molecule has 0 bridgehead atoms. The minimum atomic E-state index is 0.0559. The number of nitrogens with zero attached hydrogens (tertiary/aromatic N) is 2. The maximum absolute atomic E-state index is 12.6. The van der Waals surface area contributed by atoms with Crippen LogP contribution in [0.15, 0.2) is 41.8 Å². The van der Waals surface area contributed by atoms with E-state index in [1.54, 1.807) is 11.3 Å². The molecule has 0 saturated carbocycles. The van der Waals surface area contributed by atoms with Crippen molar-refractivity contribution in [3.8, 4) is 0 Å². The van der Waals surface area contributed by atoms with Gasteiger partial charge in [0.05, 0.1) is 12.0 Å². The van der Waals surface area contributed by atoms with Gasteiger partial charge in [-0.25, -0.2) is 0 Å². The molecule has 2 aromatic rings. The Bertz CT molecular complexity index is 694. The zero-order valence-electron chi connectivity index (χ0n) is 12.6. The average Bonchev–Trinajstić information content (AvgIpc) is 3.08. The van der Waals surface area contributed by atoms with E-state index in [1.165, 1.54) is 0 Å². The average molecular weight is 440 g/mol. The van der Waals surface area contributed by atoms with Crippen LogP contribution in [0.2, 0.25) is 0 Å². The standard InChI is InChI=1S/C17H17IN2O2S/c18-15-6-2-1-5-14(15)17(22)20-9-7-19(8-10-20)16(21)12-13-4-3-11-23-13/h1-6,11H,7-10,12H2. The van der Waals surface area contributed by atoms with Crippen molar-refractivity contribution in [1.82, 2.24) is 9.80 Å². The number of thiophene rings is 1. The van der Waals surface area contributed by atoms with Gasteiger partial charge in [0.2, 0.25) is 5.91 Å². The lowest BCUT2D eigenvalue weighted by Gasteiger charge is -2.35. The van der Waals surface area contributed by atoms with Gasteiger partial charge in [-0.05, 0) is 46.2 Å². The van der Waals surface area contributed by atoms with Gasteiger partial charge in [-0.15, -0.1) is 11.3 Å². The summed E-state index contributed by atoms with van der Waals surface area (Å²) in [6, 6.07) is 11.6. The smallest absolute Gasteiger partial charge is 0.255 e. The molecular formula is C17H17IN2O2S. The number of amides is 2. The number of hydrogen-bond acceptors (Lipinski definition) is 3. The summed E-state index contributed by atoms with van der Waals surface area (Å²) in [6.45, 7) is 2.42. The fourth-order valence-corrected chi connectivity index (χ4v) is 3.95. The van der Waals surface area contributed by atoms with Crippen molar-refractivity contribution in [2.75, 3.05) is 26.2 Å². The normalized spacial score (nSPS) is 14.8. The van der Waals surface area contributed by atoms with E-state index >= 15 is 0 Å². The Labute approximate surface area is 153 Å². The van der Waals surface area contributed by atoms with Crippen LogP contribution < -0.4 is 0 Å². The summed E-state index contributed by atoms with van der Waals surface area (Å²) in [5, 5.41) is 1.99. The van der Waals surface area contributed by atoms with Gasteiger partial charge in [-0.2, -0.15) is 0 Å². The highest BCUT2D eigenvalue weighted by Gasteiger charge is 2.25. The lowest BCUT2D eigenvalue weighted by molar-refractivity contribution is -0.131. The minimum Gasteiger partial charge on any atom is -0.339 e. The lowest BCUT2D eigenvalue weighted by atomic mass is 10.2. The molecule has 6 heteroatoms. The quantitative estimate of drug-likeness (QED) is 0.689. The molecule has 1 aromatic heterocycles. The van der Waals surface area contributed by atoms with Gasteiger partial charge in [0, 0.05) is 34.6 Å². The Hall–Kier alpha value is -1.41. The second-order valence-corrected chi connectivity index (χ2v) is 7.60. The Balaban J connectivity index is 1.57. The zero-order valence-corrected chi connectivity index (χ0v) is 15.5. The second kappa shape index (κ2) is 7.44. The first-order valence-electron chi connectivity index (χ1n) is 7.49. The number of benzene rings is 1. The molecule has 0 atom stereocenters. The molecule has 2 heterocycles. The fraction of sp³-hybridized carbons (Fsp3) is 0.294. The van der Waals surface area contributed by atoms with Crippen LogP contribution in [-0.2, 0) is 11.2 Å². The SMILES string of the molecule is O=C(Cc1cccs1)N1CCN(C(=O)c2ccccc2I)CC1. The van der Waals surface area contributed by atoms with Crippen molar-refractivity contribution >= 4 is 45.7 Å². The predicted octanol–water partition coefficient (Wildman–Crippen LogP) is 2.88. The third-order valence-electron chi connectivity index (χ3n) is 3.93. The molecule has 0 N–H and O–H groups in total. The number of hydrogen-bond donors (Lipinski definition) is 0. The van der Waals surface area contributed by atoms with Crippen LogP contribution in [0.3, 0.4) is 0 Å². The zero-order chi connectivity index (χ0) is 16.2. The van der Waals surface area contributed by atoms with Crippen LogP contribution in [0.5, 0.6) is 0 Å². The maximum Gasteiger partial charge on any atom is 0.255 e. The van der Waals surface area contributed by atoms with Gasteiger partial charge in [-0.1, -0.05) is 18.2 Å². The Morgan fingerprint density at radius 1 is 1.00 bits per heavy atom. The van der Waals surface area contributed by atoms with Gasteiger partial charge in [0.25, 0.3) is 5.91 Å². The maximum atomic E-state index is 12.6. The summed E-state index contributed by atoms with van der Waals surface area (Å²) in [5.74, 6) is 0.203. The molecule has 1 saturated heterocycles. The van der Waals surface area contributed by atoms with E-state index in [1.807, 2.05) is 51.6 Å². The van der Waals surface area contributed by atoms with Crippen LogP contribution in [0.25, 0.3) is 0 Å². The first-order valence-corrected chi connectivity index (χ1v) is 9.45. The second-order valence-electron chi connectivity index (χ2n) is 5.41. The highest BCUT2D eigenvalue weighted by Crippen LogP contribution is 2.16. The van der Waals surface area contributed by atoms with Gasteiger partial charge in [-0.3, -0.25) is 9.59 Å². The van der Waals surface area contributed by atoms with Gasteiger partial charge < -0.3 is 9.80 Å². The van der Waals surface area contributed by atoms with E-state index in [9.17, 15) is 9.59 Å². The van der Waals surface area contributed by atoms with Crippen molar-refractivity contribution in [3.05, 3.63) is 55.8 Å². The van der Waals surface area contributed by atoms with Crippen LogP contribution in [0, 0.1) is 3.57 Å². The van der Waals surface area contributed by atoms with Crippen LogP contribution in [-0.4, -0.2) is 47.8 Å². The number of carbonyl (C=O) groups is 2. The third kappa shape index (κ3) is 3.92. The van der Waals surface area contributed by atoms with E-state index < -0.39 is 0 Å². The monoisotopic (exact) mass is 440 g/mol. The Morgan fingerprint density at radius 3 is 2.35 bits per heavy atom. The molecule has 3 rings (SSSR count). The summed E-state index contributed by atoms with van der Waals surface area (Å²) in [4.78, 5) is 29.7. The van der Waals surface area contributed by atoms with E-state index in [-0.39, 0.29) is 11.8 Å². The number of halogens is 1. The summed E-state index contributed by atoms with van der Waals surface area (Å²) >= 11 is 3.79. The first kappa shape index (κ1) is 16.4. The molecule has 23 heavy (non-hydrogen) atoms. The van der Waals surface area contributed by atoms with Crippen molar-refractivity contribution in [1.29, 1.82) is 0 Å². The van der Waals surface area contributed by atoms with E-state index in [2.05, 4.69) is 22.6 Å². The molecule has 0 unspecified atom stereocenters. The van der Waals surface area contributed by atoms with Crippen LogP contribution in [0.1, 0.15) is 15.2 Å². The molecule has 1 aliphatic rings. The number of rotatable bonds is 3. The molecule has 120 valence electrons. The Kier molecular flexibility index (Phi) is 5.32. The topological polar surface area (TPSA) is 40.6 Å². The summed E-state index contributed by atoms with van der Waals surface area (Å²) in [5.41, 5.74) is 0.742. The first-order chi connectivity index (χ1) is 11.1. The largest absolute Gasteiger partial charge is 0.339 e. The van der Waals surface area contributed by atoms with Gasteiger partial charge >= 0.3 is 0 Å². The molecular weight excluding hydrogens is 423 g/mol. The molecule has 1 aliphatic heterocycles. The highest BCUT2D eigenvalue weighted by atomic mass is 127. The molecule has 0 aliphatic carbocycles. The number of piperazine rings is 1. The third-order valence-corrected chi connectivity index (χ3v) is 5.75. The predicted molar refractivity (Wildman–Crippen MR) is 99.7 cm³/mol. The summed E-state index contributed by atoms with van der Waals surface area (Å²) < 4.78 is 0.964. The minimum absolute atomic E-state index is 0.0559. The van der Waals surface area contributed by atoms with Crippen LogP contribution >= 0.6 is 33.9 Å². The molecule has 0 spiro atoms. The van der Waals surface area contributed by atoms with E-state index in [0.29, 0.717) is 32.6 Å². The Morgan fingerprint density at radius 2 is 1.70 bits per heavy atom. The van der Waals surface area contributed by atoms with Gasteiger partial charge in [0.1, 0.15) is 0 Å². The molecule has 4 nitrogen and oxygen atoms in total. The fourth-order valence-electron chi connectivity index (χ4n) is 2.64. The van der Waals surface area contributed by atoms with Crippen LogP contribution in [0.4, 0.5) is 0 Å². The molecule has 1 fully saturated rings. The lowest BCUT2D eigenvalue weighted by Crippen LogP contribution is -2.51. The molecule has 2 amide bonds.